The maximum absolute atomic E-state index is 11.1. The van der Waals surface area contributed by atoms with Gasteiger partial charge in [0.2, 0.25) is 0 Å². The van der Waals surface area contributed by atoms with E-state index in [1.165, 1.54) is 5.56 Å². The molecule has 0 radical (unpaired) electrons. The predicted octanol–water partition coefficient (Wildman–Crippen LogP) is 10.8. The predicted molar refractivity (Wildman–Crippen MR) is 192 cm³/mol. The zero-order chi connectivity index (χ0) is 32.2. The second-order valence-electron chi connectivity index (χ2n) is 12.8. The first-order valence-electron chi connectivity index (χ1n) is 16.1. The normalized spacial score (nSPS) is 11.8. The van der Waals surface area contributed by atoms with Crippen molar-refractivity contribution in [3.05, 3.63) is 132 Å². The molecule has 0 aliphatic rings. The number of phenols is 1. The topological polar surface area (TPSA) is 64.1 Å². The number of para-hydroxylation sites is 4. The molecular formula is C42H35N3O2. The van der Waals surface area contributed by atoms with Crippen molar-refractivity contribution in [3.8, 4) is 45.2 Å². The third kappa shape index (κ3) is 4.86. The van der Waals surface area contributed by atoms with Gasteiger partial charge in [0.05, 0.1) is 28.0 Å². The Bertz CT molecular complexity index is 2450. The molecule has 0 unspecified atom stereocenters. The van der Waals surface area contributed by atoms with Crippen LogP contribution in [0.1, 0.15) is 30.5 Å². The summed E-state index contributed by atoms with van der Waals surface area (Å²) in [5, 5.41) is 13.2. The van der Waals surface area contributed by atoms with Crippen molar-refractivity contribution >= 4 is 33.0 Å². The van der Waals surface area contributed by atoms with E-state index in [2.05, 4.69) is 105 Å². The van der Waals surface area contributed by atoms with Crippen LogP contribution in [0.4, 0.5) is 0 Å². The van der Waals surface area contributed by atoms with Gasteiger partial charge in [0.25, 0.3) is 0 Å². The molecule has 230 valence electrons. The number of furan rings is 1. The first-order valence-corrected chi connectivity index (χ1v) is 16.1. The molecule has 3 aromatic heterocycles. The van der Waals surface area contributed by atoms with Gasteiger partial charge in [0.1, 0.15) is 22.7 Å². The van der Waals surface area contributed by atoms with Crippen LogP contribution in [-0.2, 0) is 6.42 Å². The van der Waals surface area contributed by atoms with Gasteiger partial charge in [-0.15, -0.1) is 0 Å². The average Bonchev–Trinajstić information content (AvgIpc) is 3.63. The Morgan fingerprint density at radius 1 is 0.745 bits per heavy atom. The fourth-order valence-electron chi connectivity index (χ4n) is 6.95. The van der Waals surface area contributed by atoms with Crippen molar-refractivity contribution < 1.29 is 9.52 Å². The molecule has 0 fully saturated rings. The number of aromatic hydroxyl groups is 1. The van der Waals surface area contributed by atoms with Gasteiger partial charge >= 0.3 is 0 Å². The molecule has 0 bridgehead atoms. The number of rotatable bonds is 6. The molecule has 0 aliphatic carbocycles. The number of imidazole rings is 1. The minimum absolute atomic E-state index is 0.186. The first kappa shape index (κ1) is 28.8. The van der Waals surface area contributed by atoms with E-state index < -0.39 is 0 Å². The Morgan fingerprint density at radius 3 is 2.30 bits per heavy atom. The van der Waals surface area contributed by atoms with Gasteiger partial charge in [-0.1, -0.05) is 74.5 Å². The number of aryl methyl sites for hydroxylation is 2. The number of pyridine rings is 1. The number of hydrogen-bond donors (Lipinski definition) is 1. The minimum Gasteiger partial charge on any atom is -0.507 e. The molecule has 3 heterocycles. The summed E-state index contributed by atoms with van der Waals surface area (Å²) >= 11 is 0. The minimum atomic E-state index is 0.186. The van der Waals surface area contributed by atoms with Gasteiger partial charge in [0, 0.05) is 33.7 Å². The number of hydrogen-bond acceptors (Lipinski definition) is 4. The maximum atomic E-state index is 11.1. The molecule has 47 heavy (non-hydrogen) atoms. The van der Waals surface area contributed by atoms with Crippen LogP contribution in [0.25, 0.3) is 72.4 Å². The third-order valence-corrected chi connectivity index (χ3v) is 9.03. The smallest absolute Gasteiger partial charge is 0.149 e. The second-order valence-corrected chi connectivity index (χ2v) is 12.8. The Balaban J connectivity index is 1.46. The van der Waals surface area contributed by atoms with Gasteiger partial charge in [0.15, 0.2) is 0 Å². The molecule has 5 heteroatoms. The number of fused-ring (bicyclic) bond motifs is 4. The number of phenolic OH excluding ortho intramolecular Hbond substituents is 1. The summed E-state index contributed by atoms with van der Waals surface area (Å²) in [5.74, 6) is 1.41. The molecule has 1 N–H and O–H groups in total. The van der Waals surface area contributed by atoms with Crippen LogP contribution in [0.2, 0.25) is 0 Å². The van der Waals surface area contributed by atoms with E-state index in [0.717, 1.165) is 78.6 Å². The largest absolute Gasteiger partial charge is 0.507 e. The fraction of sp³-hybridized carbons (Fsp3) is 0.143. The highest BCUT2D eigenvalue weighted by molar-refractivity contribution is 6.13. The highest BCUT2D eigenvalue weighted by atomic mass is 16.3. The lowest BCUT2D eigenvalue weighted by atomic mass is 9.95. The van der Waals surface area contributed by atoms with Crippen LogP contribution < -0.4 is 0 Å². The van der Waals surface area contributed by atoms with E-state index in [1.807, 2.05) is 36.5 Å². The SMILES string of the molecule is Cc1cccc(C)c1-n1c(-c2ccccc2O)nc2c(-c3cc(-c4cc(CC(C)C)ccn4)cc4c3oc3ccccc34)cccc21. The van der Waals surface area contributed by atoms with Gasteiger partial charge < -0.3 is 9.52 Å². The van der Waals surface area contributed by atoms with Crippen molar-refractivity contribution in [1.29, 1.82) is 0 Å². The summed E-state index contributed by atoms with van der Waals surface area (Å²) in [6, 6.07) is 36.9. The standard InChI is InChI=1S/C42H35N3O2/c1-25(2)21-28-19-20-43-35(22-28)29-23-33-30-13-6-8-18-38(30)47-41(33)34(24-29)31-15-10-16-36-39(31)44-42(32-14-5-7-17-37(32)46)45(36)40-26(3)11-9-12-27(40)4/h5-20,22-25,46H,21H2,1-4H3. The van der Waals surface area contributed by atoms with Crippen molar-refractivity contribution in [3.63, 3.8) is 0 Å². The summed E-state index contributed by atoms with van der Waals surface area (Å²) in [4.78, 5) is 10.2. The quantitative estimate of drug-likeness (QED) is 0.203. The van der Waals surface area contributed by atoms with E-state index >= 15 is 0 Å². The van der Waals surface area contributed by atoms with E-state index in [9.17, 15) is 5.11 Å². The van der Waals surface area contributed by atoms with Crippen LogP contribution in [0.5, 0.6) is 5.75 Å². The van der Waals surface area contributed by atoms with Crippen molar-refractivity contribution in [1.82, 2.24) is 14.5 Å². The summed E-state index contributed by atoms with van der Waals surface area (Å²) in [5.41, 5.74) is 12.5. The molecule has 0 saturated carbocycles. The second kappa shape index (κ2) is 11.3. The Morgan fingerprint density at radius 2 is 1.49 bits per heavy atom. The molecule has 8 rings (SSSR count). The highest BCUT2D eigenvalue weighted by Crippen LogP contribution is 2.43. The van der Waals surface area contributed by atoms with Crippen LogP contribution >= 0.6 is 0 Å². The van der Waals surface area contributed by atoms with Crippen LogP contribution in [0.3, 0.4) is 0 Å². The van der Waals surface area contributed by atoms with Gasteiger partial charge in [-0.2, -0.15) is 0 Å². The zero-order valence-corrected chi connectivity index (χ0v) is 27.0. The van der Waals surface area contributed by atoms with Gasteiger partial charge in [-0.3, -0.25) is 9.55 Å². The van der Waals surface area contributed by atoms with E-state index in [-0.39, 0.29) is 5.75 Å². The number of benzene rings is 5. The molecular weight excluding hydrogens is 578 g/mol. The first-order chi connectivity index (χ1) is 22.9. The summed E-state index contributed by atoms with van der Waals surface area (Å²) in [6.07, 6.45) is 2.90. The molecule has 0 saturated heterocycles. The zero-order valence-electron chi connectivity index (χ0n) is 27.0. The Kier molecular flexibility index (Phi) is 6.91. The van der Waals surface area contributed by atoms with Crippen LogP contribution in [0, 0.1) is 19.8 Å². The maximum Gasteiger partial charge on any atom is 0.149 e. The molecule has 5 nitrogen and oxygen atoms in total. The Labute approximate surface area is 273 Å². The molecule has 0 amide bonds. The fourth-order valence-corrected chi connectivity index (χ4v) is 6.95. The van der Waals surface area contributed by atoms with E-state index in [1.54, 1.807) is 6.07 Å². The molecule has 0 atom stereocenters. The van der Waals surface area contributed by atoms with Crippen LogP contribution in [0.15, 0.2) is 120 Å². The van der Waals surface area contributed by atoms with Crippen molar-refractivity contribution in [2.75, 3.05) is 0 Å². The van der Waals surface area contributed by atoms with Crippen molar-refractivity contribution in [2.24, 2.45) is 5.92 Å². The molecule has 0 spiro atoms. The van der Waals surface area contributed by atoms with E-state index in [4.69, 9.17) is 14.4 Å². The van der Waals surface area contributed by atoms with E-state index in [0.29, 0.717) is 17.3 Å². The lowest BCUT2D eigenvalue weighted by Gasteiger charge is -2.16. The molecule has 8 aromatic rings. The molecule has 5 aromatic carbocycles. The summed E-state index contributed by atoms with van der Waals surface area (Å²) in [6.45, 7) is 8.72. The molecule has 0 aliphatic heterocycles. The summed E-state index contributed by atoms with van der Waals surface area (Å²) in [7, 11) is 0. The Hall–Kier alpha value is -5.68. The van der Waals surface area contributed by atoms with Crippen LogP contribution in [-0.4, -0.2) is 19.6 Å². The monoisotopic (exact) mass is 613 g/mol. The van der Waals surface area contributed by atoms with Crippen molar-refractivity contribution in [2.45, 2.75) is 34.1 Å². The third-order valence-electron chi connectivity index (χ3n) is 9.03. The lowest BCUT2D eigenvalue weighted by Crippen LogP contribution is -2.02. The van der Waals surface area contributed by atoms with Gasteiger partial charge in [-0.05, 0) is 91.4 Å². The average molecular weight is 614 g/mol. The lowest BCUT2D eigenvalue weighted by molar-refractivity contribution is 0.477. The number of nitrogens with zero attached hydrogens (tertiary/aromatic N) is 3. The van der Waals surface area contributed by atoms with Gasteiger partial charge in [-0.25, -0.2) is 4.98 Å². The summed E-state index contributed by atoms with van der Waals surface area (Å²) < 4.78 is 8.81. The number of aromatic nitrogens is 3. The highest BCUT2D eigenvalue weighted by Gasteiger charge is 2.23.